The van der Waals surface area contributed by atoms with Gasteiger partial charge in [0.25, 0.3) is 0 Å². The number of nitrogens with one attached hydrogen (secondary N) is 3. The quantitative estimate of drug-likeness (QED) is 0.180. The molecule has 1 aliphatic rings. The maximum absolute atomic E-state index is 12.8. The smallest absolute Gasteiger partial charge is 0.323 e. The normalized spacial score (nSPS) is 13.2. The summed E-state index contributed by atoms with van der Waals surface area (Å²) in [6, 6.07) is 25.2. The van der Waals surface area contributed by atoms with Gasteiger partial charge in [-0.3, -0.25) is 4.40 Å². The fraction of sp³-hybridized carbons (Fsp3) is 0.152. The number of fused-ring (bicyclic) bond motifs is 1. The molecule has 0 spiro atoms. The molecule has 0 radical (unpaired) electrons. The number of carbonyl (C=O) groups is 1. The molecule has 1 aliphatic heterocycles. The van der Waals surface area contributed by atoms with E-state index >= 15 is 0 Å². The van der Waals surface area contributed by atoms with Gasteiger partial charge in [0.05, 0.1) is 24.6 Å². The zero-order valence-electron chi connectivity index (χ0n) is 24.0. The first-order valence-corrected chi connectivity index (χ1v) is 15.2. The predicted octanol–water partition coefficient (Wildman–Crippen LogP) is 7.05. The number of benzene rings is 3. The van der Waals surface area contributed by atoms with Crippen LogP contribution in [0.3, 0.4) is 0 Å². The number of ether oxygens (including phenoxy) is 1. The maximum atomic E-state index is 12.8. The molecule has 1 saturated heterocycles. The van der Waals surface area contributed by atoms with Crippen LogP contribution in [0.1, 0.15) is 5.56 Å². The number of aromatic nitrogens is 4. The fourth-order valence-corrected chi connectivity index (χ4v) is 5.97. The summed E-state index contributed by atoms with van der Waals surface area (Å²) in [7, 11) is 0. The van der Waals surface area contributed by atoms with Crippen LogP contribution in [-0.4, -0.2) is 51.7 Å². The highest BCUT2D eigenvalue weighted by molar-refractivity contribution is 7.15. The van der Waals surface area contributed by atoms with Crippen molar-refractivity contribution in [1.82, 2.24) is 19.4 Å². The topological polar surface area (TPSA) is 109 Å². The molecule has 10 nitrogen and oxygen atoms in total. The van der Waals surface area contributed by atoms with Crippen molar-refractivity contribution < 1.29 is 9.53 Å². The van der Waals surface area contributed by atoms with Crippen LogP contribution in [0.25, 0.3) is 27.6 Å². The summed E-state index contributed by atoms with van der Waals surface area (Å²) in [6.07, 6.45) is 3.74. The van der Waals surface area contributed by atoms with Crippen molar-refractivity contribution in [2.24, 2.45) is 0 Å². The van der Waals surface area contributed by atoms with E-state index < -0.39 is 0 Å². The SMILES string of the molecule is Cc1ccccc1NC(=O)Nc1cccc(-c2nc3sccn3c2-c2ccnc(Nc3cccc(N4CCOCC4)c3)n2)c1. The molecule has 0 saturated carbocycles. The van der Waals surface area contributed by atoms with Gasteiger partial charge < -0.3 is 25.6 Å². The van der Waals surface area contributed by atoms with E-state index in [1.54, 1.807) is 17.5 Å². The Hall–Kier alpha value is -5.26. The van der Waals surface area contributed by atoms with Gasteiger partial charge in [0, 0.05) is 59.2 Å². The molecule has 0 unspecified atom stereocenters. The summed E-state index contributed by atoms with van der Waals surface area (Å²) >= 11 is 1.55. The van der Waals surface area contributed by atoms with Gasteiger partial charge >= 0.3 is 6.03 Å². The molecule has 2 amide bonds. The van der Waals surface area contributed by atoms with Gasteiger partial charge in [0.2, 0.25) is 5.95 Å². The molecular formula is C33H30N8O2S. The molecule has 0 bridgehead atoms. The number of anilines is 5. The number of amides is 2. The van der Waals surface area contributed by atoms with Gasteiger partial charge in [-0.1, -0.05) is 36.4 Å². The van der Waals surface area contributed by atoms with E-state index in [0.717, 1.165) is 76.5 Å². The van der Waals surface area contributed by atoms with Crippen molar-refractivity contribution in [2.75, 3.05) is 47.2 Å². The van der Waals surface area contributed by atoms with Crippen LogP contribution >= 0.6 is 11.3 Å². The number of nitrogens with zero attached hydrogens (tertiary/aromatic N) is 5. The van der Waals surface area contributed by atoms with E-state index in [1.165, 1.54) is 0 Å². The molecule has 3 aromatic heterocycles. The number of imidazole rings is 1. The van der Waals surface area contributed by atoms with Crippen molar-refractivity contribution in [2.45, 2.75) is 6.92 Å². The van der Waals surface area contributed by atoms with Crippen molar-refractivity contribution in [3.8, 4) is 22.6 Å². The maximum Gasteiger partial charge on any atom is 0.323 e. The Morgan fingerprint density at radius 2 is 1.75 bits per heavy atom. The average molecular weight is 603 g/mol. The number of para-hydroxylation sites is 1. The molecule has 0 atom stereocenters. The number of hydrogen-bond acceptors (Lipinski definition) is 8. The van der Waals surface area contributed by atoms with Gasteiger partial charge in [-0.25, -0.2) is 19.7 Å². The highest BCUT2D eigenvalue weighted by Gasteiger charge is 2.19. The number of thiazole rings is 1. The Kier molecular flexibility index (Phi) is 7.61. The monoisotopic (exact) mass is 602 g/mol. The first-order chi connectivity index (χ1) is 21.6. The second kappa shape index (κ2) is 12.2. The van der Waals surface area contributed by atoms with Crippen molar-refractivity contribution >= 4 is 51.0 Å². The third-order valence-electron chi connectivity index (χ3n) is 7.43. The van der Waals surface area contributed by atoms with E-state index in [0.29, 0.717) is 11.6 Å². The van der Waals surface area contributed by atoms with Crippen molar-refractivity contribution in [3.05, 3.63) is 102 Å². The number of hydrogen-bond donors (Lipinski definition) is 3. The first kappa shape index (κ1) is 27.6. The number of urea groups is 1. The second-order valence-electron chi connectivity index (χ2n) is 10.4. The molecule has 0 aliphatic carbocycles. The molecule has 7 rings (SSSR count). The molecule has 220 valence electrons. The molecule has 11 heteroatoms. The lowest BCUT2D eigenvalue weighted by Gasteiger charge is -2.29. The van der Waals surface area contributed by atoms with Crippen LogP contribution in [0.2, 0.25) is 0 Å². The minimum absolute atomic E-state index is 0.313. The largest absolute Gasteiger partial charge is 0.378 e. The highest BCUT2D eigenvalue weighted by atomic mass is 32.1. The molecule has 3 N–H and O–H groups in total. The zero-order chi connectivity index (χ0) is 29.9. The van der Waals surface area contributed by atoms with Crippen molar-refractivity contribution in [3.63, 3.8) is 0 Å². The summed E-state index contributed by atoms with van der Waals surface area (Å²) in [4.78, 5) is 30.3. The van der Waals surface area contributed by atoms with Crippen LogP contribution in [-0.2, 0) is 4.74 Å². The minimum atomic E-state index is -0.313. The molecule has 4 heterocycles. The minimum Gasteiger partial charge on any atom is -0.378 e. The van der Waals surface area contributed by atoms with Crippen LogP contribution in [0.15, 0.2) is 96.6 Å². The van der Waals surface area contributed by atoms with Crippen LogP contribution in [0, 0.1) is 6.92 Å². The van der Waals surface area contributed by atoms with Crippen LogP contribution < -0.4 is 20.9 Å². The summed E-state index contributed by atoms with van der Waals surface area (Å²) in [6.45, 7) is 5.15. The number of rotatable bonds is 7. The molecule has 3 aromatic carbocycles. The lowest BCUT2D eigenvalue weighted by molar-refractivity contribution is 0.122. The highest BCUT2D eigenvalue weighted by Crippen LogP contribution is 2.35. The molecular weight excluding hydrogens is 572 g/mol. The van der Waals surface area contributed by atoms with Gasteiger partial charge in [-0.2, -0.15) is 0 Å². The average Bonchev–Trinajstić information content (AvgIpc) is 3.65. The third kappa shape index (κ3) is 5.83. The van der Waals surface area contributed by atoms with Crippen LogP contribution in [0.4, 0.5) is 33.5 Å². The van der Waals surface area contributed by atoms with E-state index in [4.69, 9.17) is 14.7 Å². The number of aryl methyl sites for hydroxylation is 1. The third-order valence-corrected chi connectivity index (χ3v) is 8.18. The van der Waals surface area contributed by atoms with Crippen molar-refractivity contribution in [1.29, 1.82) is 0 Å². The Morgan fingerprint density at radius 3 is 2.64 bits per heavy atom. The molecule has 44 heavy (non-hydrogen) atoms. The summed E-state index contributed by atoms with van der Waals surface area (Å²) in [5.74, 6) is 0.487. The van der Waals surface area contributed by atoms with E-state index in [2.05, 4.69) is 38.0 Å². The number of carbonyl (C=O) groups excluding carboxylic acids is 1. The van der Waals surface area contributed by atoms with E-state index in [9.17, 15) is 4.79 Å². The second-order valence-corrected chi connectivity index (χ2v) is 11.3. The zero-order valence-corrected chi connectivity index (χ0v) is 24.8. The predicted molar refractivity (Wildman–Crippen MR) is 176 cm³/mol. The van der Waals surface area contributed by atoms with Crippen LogP contribution in [0.5, 0.6) is 0 Å². The lowest BCUT2D eigenvalue weighted by Crippen LogP contribution is -2.36. The first-order valence-electron chi connectivity index (χ1n) is 14.3. The van der Waals surface area contributed by atoms with E-state index in [-0.39, 0.29) is 6.03 Å². The Bertz CT molecular complexity index is 1950. The van der Waals surface area contributed by atoms with Gasteiger partial charge in [-0.15, -0.1) is 11.3 Å². The van der Waals surface area contributed by atoms with Gasteiger partial charge in [0.1, 0.15) is 5.69 Å². The number of morpholine rings is 1. The Balaban J connectivity index is 1.16. The summed E-state index contributed by atoms with van der Waals surface area (Å²) in [5, 5.41) is 11.3. The Morgan fingerprint density at radius 1 is 0.909 bits per heavy atom. The fourth-order valence-electron chi connectivity index (χ4n) is 5.26. The summed E-state index contributed by atoms with van der Waals surface area (Å²) < 4.78 is 7.54. The van der Waals surface area contributed by atoms with E-state index in [1.807, 2.05) is 89.6 Å². The molecule has 6 aromatic rings. The lowest BCUT2D eigenvalue weighted by atomic mass is 10.1. The van der Waals surface area contributed by atoms with Gasteiger partial charge in [0.15, 0.2) is 4.96 Å². The summed E-state index contributed by atoms with van der Waals surface area (Å²) in [5.41, 5.74) is 7.63. The standard InChI is InChI=1S/C33H30N8O2S/c1-22-6-2-3-11-27(22)38-32(42)36-24-8-4-7-23(20-24)29-30(41-16-19-44-33(41)39-29)28-12-13-34-31(37-28)35-25-9-5-10-26(21-25)40-14-17-43-18-15-40/h2-13,16,19-21H,14-15,17-18H2,1H3,(H,34,35,37)(H2,36,38,42). The van der Waals surface area contributed by atoms with Gasteiger partial charge in [-0.05, 0) is 55.0 Å². The Labute approximate surface area is 258 Å². The molecule has 1 fully saturated rings.